The van der Waals surface area contributed by atoms with Crippen LogP contribution < -0.4 is 10.6 Å². The van der Waals surface area contributed by atoms with Crippen molar-refractivity contribution in [1.29, 1.82) is 0 Å². The topological polar surface area (TPSA) is 112 Å². The molecule has 3 heterocycles. The summed E-state index contributed by atoms with van der Waals surface area (Å²) in [4.78, 5) is 33.9. The van der Waals surface area contributed by atoms with Crippen LogP contribution in [-0.2, 0) is 4.74 Å². The summed E-state index contributed by atoms with van der Waals surface area (Å²) >= 11 is 0. The SMILES string of the molecule is C[C@@H](CO)N1CCN(C(=O)OC2CCN(c3ccc(C(N)=O)cn3)CC2)CC1. The fourth-order valence-corrected chi connectivity index (χ4v) is 3.60. The molecule has 2 saturated heterocycles. The van der Waals surface area contributed by atoms with E-state index in [1.807, 2.05) is 6.92 Å². The fraction of sp³-hybridized carbons (Fsp3) is 0.632. The molecule has 2 aliphatic heterocycles. The number of primary amides is 1. The number of rotatable bonds is 5. The summed E-state index contributed by atoms with van der Waals surface area (Å²) in [7, 11) is 0. The van der Waals surface area contributed by atoms with Gasteiger partial charge in [-0.3, -0.25) is 9.69 Å². The molecule has 3 N–H and O–H groups in total. The van der Waals surface area contributed by atoms with Gasteiger partial charge >= 0.3 is 6.09 Å². The monoisotopic (exact) mass is 391 g/mol. The quantitative estimate of drug-likeness (QED) is 0.742. The highest BCUT2D eigenvalue weighted by Gasteiger charge is 2.28. The number of anilines is 1. The van der Waals surface area contributed by atoms with Gasteiger partial charge in [-0.05, 0) is 19.1 Å². The molecule has 9 nitrogen and oxygen atoms in total. The zero-order valence-electron chi connectivity index (χ0n) is 16.3. The molecule has 1 aromatic rings. The number of aromatic nitrogens is 1. The molecule has 9 heteroatoms. The lowest BCUT2D eigenvalue weighted by Crippen LogP contribution is -2.52. The van der Waals surface area contributed by atoms with E-state index in [1.54, 1.807) is 17.0 Å². The van der Waals surface area contributed by atoms with Gasteiger partial charge in [-0.25, -0.2) is 9.78 Å². The first-order valence-corrected chi connectivity index (χ1v) is 9.79. The van der Waals surface area contributed by atoms with E-state index in [1.165, 1.54) is 6.20 Å². The smallest absolute Gasteiger partial charge is 0.410 e. The highest BCUT2D eigenvalue weighted by molar-refractivity contribution is 5.92. The molecular formula is C19H29N5O4. The average molecular weight is 391 g/mol. The Labute approximate surface area is 165 Å². The number of pyridine rings is 1. The average Bonchev–Trinajstić information content (AvgIpc) is 2.74. The Bertz CT molecular complexity index is 667. The zero-order valence-corrected chi connectivity index (χ0v) is 16.3. The van der Waals surface area contributed by atoms with Crippen LogP contribution in [0.4, 0.5) is 10.6 Å². The standard InChI is InChI=1S/C19H29N5O4/c1-14(13-25)22-8-10-24(11-9-22)19(27)28-16-4-6-23(7-5-16)17-3-2-15(12-21-17)18(20)26/h2-3,12,14,16,25H,4-11,13H2,1H3,(H2,20,26)/t14-/m0/s1. The van der Waals surface area contributed by atoms with Crippen LogP contribution in [0.25, 0.3) is 0 Å². The number of piperazine rings is 1. The summed E-state index contributed by atoms with van der Waals surface area (Å²) in [5, 5.41) is 9.24. The summed E-state index contributed by atoms with van der Waals surface area (Å²) in [6.45, 7) is 6.34. The lowest BCUT2D eigenvalue weighted by Gasteiger charge is -2.38. The Kier molecular flexibility index (Phi) is 6.69. The zero-order chi connectivity index (χ0) is 20.1. The molecule has 0 unspecified atom stereocenters. The number of piperidine rings is 1. The van der Waals surface area contributed by atoms with Crippen LogP contribution in [0.1, 0.15) is 30.1 Å². The molecule has 154 valence electrons. The summed E-state index contributed by atoms with van der Waals surface area (Å²) in [6, 6.07) is 3.58. The minimum atomic E-state index is -0.490. The lowest BCUT2D eigenvalue weighted by molar-refractivity contribution is 0.0275. The highest BCUT2D eigenvalue weighted by Crippen LogP contribution is 2.21. The molecule has 1 aromatic heterocycles. The number of amides is 2. The number of hydrogen-bond acceptors (Lipinski definition) is 7. The van der Waals surface area contributed by atoms with Gasteiger partial charge in [-0.1, -0.05) is 0 Å². The van der Waals surface area contributed by atoms with Crippen molar-refractivity contribution in [2.75, 3.05) is 50.8 Å². The van der Waals surface area contributed by atoms with Crippen molar-refractivity contribution in [2.45, 2.75) is 31.9 Å². The third-order valence-electron chi connectivity index (χ3n) is 5.53. The molecule has 2 fully saturated rings. The van der Waals surface area contributed by atoms with Crippen molar-refractivity contribution in [2.24, 2.45) is 5.73 Å². The maximum atomic E-state index is 12.4. The summed E-state index contributed by atoms with van der Waals surface area (Å²) in [5.74, 6) is 0.306. The molecule has 0 aromatic carbocycles. The number of carbonyl (C=O) groups is 2. The normalized spacial score (nSPS) is 20.1. The minimum absolute atomic E-state index is 0.0944. The number of aliphatic hydroxyl groups is 1. The summed E-state index contributed by atoms with van der Waals surface area (Å²) < 4.78 is 5.70. The van der Waals surface area contributed by atoms with Gasteiger partial charge in [0.15, 0.2) is 0 Å². The van der Waals surface area contributed by atoms with Crippen molar-refractivity contribution >= 4 is 17.8 Å². The van der Waals surface area contributed by atoms with Gasteiger partial charge in [0.1, 0.15) is 11.9 Å². The molecule has 0 radical (unpaired) electrons. The van der Waals surface area contributed by atoms with Crippen molar-refractivity contribution in [3.63, 3.8) is 0 Å². The van der Waals surface area contributed by atoms with Gasteiger partial charge in [0.25, 0.3) is 0 Å². The third kappa shape index (κ3) is 4.90. The molecular weight excluding hydrogens is 362 g/mol. The van der Waals surface area contributed by atoms with Crippen LogP contribution in [0.3, 0.4) is 0 Å². The van der Waals surface area contributed by atoms with Crippen LogP contribution >= 0.6 is 0 Å². The Hall–Kier alpha value is -2.39. The molecule has 2 amide bonds. The second-order valence-electron chi connectivity index (χ2n) is 7.39. The van der Waals surface area contributed by atoms with Crippen LogP contribution in [0.5, 0.6) is 0 Å². The molecule has 1 atom stereocenters. The third-order valence-corrected chi connectivity index (χ3v) is 5.53. The van der Waals surface area contributed by atoms with Crippen LogP contribution in [0, 0.1) is 0 Å². The molecule has 0 bridgehead atoms. The van der Waals surface area contributed by atoms with Gasteiger partial charge in [-0.15, -0.1) is 0 Å². The van der Waals surface area contributed by atoms with Crippen LogP contribution in [0.2, 0.25) is 0 Å². The lowest BCUT2D eigenvalue weighted by atomic mass is 10.1. The number of nitrogens with zero attached hydrogens (tertiary/aromatic N) is 4. The van der Waals surface area contributed by atoms with E-state index in [-0.39, 0.29) is 24.8 Å². The number of nitrogens with two attached hydrogens (primary N) is 1. The predicted molar refractivity (Wildman–Crippen MR) is 104 cm³/mol. The van der Waals surface area contributed by atoms with E-state index >= 15 is 0 Å². The summed E-state index contributed by atoms with van der Waals surface area (Å²) in [5.41, 5.74) is 5.63. The molecule has 0 spiro atoms. The number of hydrogen-bond donors (Lipinski definition) is 2. The number of aliphatic hydroxyl groups excluding tert-OH is 1. The maximum Gasteiger partial charge on any atom is 0.410 e. The van der Waals surface area contributed by atoms with Gasteiger partial charge in [0.05, 0.1) is 12.2 Å². The summed E-state index contributed by atoms with van der Waals surface area (Å²) in [6.07, 6.45) is 2.63. The van der Waals surface area contributed by atoms with Crippen molar-refractivity contribution in [3.05, 3.63) is 23.9 Å². The number of ether oxygens (including phenoxy) is 1. The Morgan fingerprint density at radius 1 is 1.21 bits per heavy atom. The first kappa shape index (κ1) is 20.3. The first-order chi connectivity index (χ1) is 13.5. The van der Waals surface area contributed by atoms with Crippen molar-refractivity contribution in [1.82, 2.24) is 14.8 Å². The van der Waals surface area contributed by atoms with E-state index in [2.05, 4.69) is 14.8 Å². The molecule has 0 aliphatic carbocycles. The van der Waals surface area contributed by atoms with E-state index < -0.39 is 5.91 Å². The van der Waals surface area contributed by atoms with Crippen LogP contribution in [0.15, 0.2) is 18.3 Å². The van der Waals surface area contributed by atoms with Crippen molar-refractivity contribution in [3.8, 4) is 0 Å². The van der Waals surface area contributed by atoms with Gasteiger partial charge in [0, 0.05) is 64.3 Å². The second-order valence-corrected chi connectivity index (χ2v) is 7.39. The Balaban J connectivity index is 1.43. The van der Waals surface area contributed by atoms with Crippen LogP contribution in [-0.4, -0.2) is 89.9 Å². The van der Waals surface area contributed by atoms with E-state index in [0.717, 1.165) is 44.8 Å². The fourth-order valence-electron chi connectivity index (χ4n) is 3.60. The second kappa shape index (κ2) is 9.20. The van der Waals surface area contributed by atoms with Gasteiger partial charge in [0.2, 0.25) is 5.91 Å². The minimum Gasteiger partial charge on any atom is -0.446 e. The predicted octanol–water partition coefficient (Wildman–Crippen LogP) is 0.284. The van der Waals surface area contributed by atoms with Crippen molar-refractivity contribution < 1.29 is 19.4 Å². The number of carbonyl (C=O) groups excluding carboxylic acids is 2. The molecule has 3 rings (SSSR count). The van der Waals surface area contributed by atoms with Gasteiger partial charge < -0.3 is 25.4 Å². The molecule has 28 heavy (non-hydrogen) atoms. The van der Waals surface area contributed by atoms with E-state index in [4.69, 9.17) is 10.5 Å². The molecule has 2 aliphatic rings. The Morgan fingerprint density at radius 3 is 2.43 bits per heavy atom. The molecule has 0 saturated carbocycles. The largest absolute Gasteiger partial charge is 0.446 e. The highest BCUT2D eigenvalue weighted by atomic mass is 16.6. The van der Waals surface area contributed by atoms with E-state index in [9.17, 15) is 14.7 Å². The van der Waals surface area contributed by atoms with E-state index in [0.29, 0.717) is 18.7 Å². The Morgan fingerprint density at radius 2 is 1.89 bits per heavy atom. The maximum absolute atomic E-state index is 12.4. The first-order valence-electron chi connectivity index (χ1n) is 9.79. The van der Waals surface area contributed by atoms with Gasteiger partial charge in [-0.2, -0.15) is 0 Å².